The van der Waals surface area contributed by atoms with Crippen molar-refractivity contribution in [1.29, 1.82) is 0 Å². The quantitative estimate of drug-likeness (QED) is 0.735. The topological polar surface area (TPSA) is 54.9 Å². The van der Waals surface area contributed by atoms with Crippen molar-refractivity contribution in [2.75, 3.05) is 5.32 Å². The molecule has 2 aromatic rings. The zero-order valence-corrected chi connectivity index (χ0v) is 12.9. The number of hydrogen-bond acceptors (Lipinski definition) is 3. The van der Waals surface area contributed by atoms with Gasteiger partial charge in [-0.1, -0.05) is 0 Å². The van der Waals surface area contributed by atoms with Crippen LogP contribution in [0.25, 0.3) is 0 Å². The number of aromatic nitrogens is 2. The molecule has 1 heterocycles. The molecule has 0 aliphatic rings. The molecule has 128 valence electrons. The van der Waals surface area contributed by atoms with E-state index in [1.54, 1.807) is 0 Å². The lowest BCUT2D eigenvalue weighted by atomic mass is 10.0. The van der Waals surface area contributed by atoms with Crippen molar-refractivity contribution in [2.24, 2.45) is 0 Å². The van der Waals surface area contributed by atoms with Gasteiger partial charge < -0.3 is 5.32 Å². The lowest BCUT2D eigenvalue weighted by molar-refractivity contribution is -0.143. The molecule has 0 radical (unpaired) electrons. The molecule has 0 spiro atoms. The van der Waals surface area contributed by atoms with Gasteiger partial charge in [-0.05, 0) is 34.1 Å². The molecule has 0 bridgehead atoms. The van der Waals surface area contributed by atoms with Crippen LogP contribution in [0.5, 0.6) is 0 Å². The van der Waals surface area contributed by atoms with Gasteiger partial charge in [0.25, 0.3) is 5.91 Å². The largest absolute Gasteiger partial charge is 0.416 e. The van der Waals surface area contributed by atoms with E-state index in [0.717, 1.165) is 6.20 Å². The van der Waals surface area contributed by atoms with Gasteiger partial charge in [0.15, 0.2) is 5.82 Å². The van der Waals surface area contributed by atoms with Crippen molar-refractivity contribution < 1.29 is 31.1 Å². The third-order valence-corrected chi connectivity index (χ3v) is 3.12. The van der Waals surface area contributed by atoms with Gasteiger partial charge in [0, 0.05) is 5.56 Å². The molecule has 4 nitrogen and oxygen atoms in total. The Bertz CT molecular complexity index is 726. The van der Waals surface area contributed by atoms with E-state index in [0.29, 0.717) is 16.7 Å². The van der Waals surface area contributed by atoms with E-state index in [2.05, 4.69) is 31.2 Å². The fraction of sp³-hybridized carbons (Fsp3) is 0.154. The number of carbonyl (C=O) groups is 1. The SMILES string of the molecule is O=C(Nc1cnc(Br)cn1)c1cc(C(F)(F)F)cc(C(F)(F)F)c1. The summed E-state index contributed by atoms with van der Waals surface area (Å²) in [5.41, 5.74) is -3.96. The first kappa shape index (κ1) is 18.2. The van der Waals surface area contributed by atoms with Crippen molar-refractivity contribution in [3.63, 3.8) is 0 Å². The monoisotopic (exact) mass is 413 g/mol. The van der Waals surface area contributed by atoms with Crippen molar-refractivity contribution in [1.82, 2.24) is 9.97 Å². The highest BCUT2D eigenvalue weighted by Crippen LogP contribution is 2.36. The Labute approximate surface area is 139 Å². The molecule has 11 heteroatoms. The fourth-order valence-electron chi connectivity index (χ4n) is 1.65. The minimum Gasteiger partial charge on any atom is -0.305 e. The fourth-order valence-corrected chi connectivity index (χ4v) is 1.86. The highest BCUT2D eigenvalue weighted by molar-refractivity contribution is 9.10. The van der Waals surface area contributed by atoms with Crippen LogP contribution in [0.15, 0.2) is 35.2 Å². The van der Waals surface area contributed by atoms with Crippen LogP contribution in [-0.4, -0.2) is 15.9 Å². The zero-order chi connectivity index (χ0) is 18.1. The lowest BCUT2D eigenvalue weighted by Crippen LogP contribution is -2.17. The van der Waals surface area contributed by atoms with E-state index in [-0.39, 0.29) is 11.9 Å². The van der Waals surface area contributed by atoms with Gasteiger partial charge in [-0.15, -0.1) is 0 Å². The average molecular weight is 414 g/mol. The third-order valence-electron chi connectivity index (χ3n) is 2.71. The van der Waals surface area contributed by atoms with Crippen molar-refractivity contribution in [3.8, 4) is 0 Å². The molecule has 1 N–H and O–H groups in total. The number of carbonyl (C=O) groups excluding carboxylic acids is 1. The minimum absolute atomic E-state index is 0.0593. The Morgan fingerprint density at radius 1 is 0.917 bits per heavy atom. The Morgan fingerprint density at radius 2 is 1.46 bits per heavy atom. The van der Waals surface area contributed by atoms with Crippen LogP contribution in [0.3, 0.4) is 0 Å². The van der Waals surface area contributed by atoms with Gasteiger partial charge in [0.2, 0.25) is 0 Å². The normalized spacial score (nSPS) is 12.1. The number of nitrogens with one attached hydrogen (secondary N) is 1. The highest BCUT2D eigenvalue weighted by Gasteiger charge is 2.37. The van der Waals surface area contributed by atoms with E-state index in [9.17, 15) is 31.1 Å². The van der Waals surface area contributed by atoms with Crippen LogP contribution in [0, 0.1) is 0 Å². The van der Waals surface area contributed by atoms with Crippen LogP contribution >= 0.6 is 15.9 Å². The van der Waals surface area contributed by atoms with Crippen LogP contribution in [0.1, 0.15) is 21.5 Å². The second-order valence-electron chi connectivity index (χ2n) is 4.47. The van der Waals surface area contributed by atoms with Crippen molar-refractivity contribution >= 4 is 27.7 Å². The molecule has 0 aliphatic carbocycles. The van der Waals surface area contributed by atoms with Crippen molar-refractivity contribution in [2.45, 2.75) is 12.4 Å². The molecule has 2 rings (SSSR count). The molecule has 1 amide bonds. The van der Waals surface area contributed by atoms with Gasteiger partial charge in [0.05, 0.1) is 23.5 Å². The summed E-state index contributed by atoms with van der Waals surface area (Å²) < 4.78 is 76.8. The lowest BCUT2D eigenvalue weighted by Gasteiger charge is -2.14. The summed E-state index contributed by atoms with van der Waals surface area (Å²) in [6, 6.07) is 0.601. The number of hydrogen-bond donors (Lipinski definition) is 1. The smallest absolute Gasteiger partial charge is 0.305 e. The number of benzene rings is 1. The van der Waals surface area contributed by atoms with Crippen LogP contribution in [0.2, 0.25) is 0 Å². The Morgan fingerprint density at radius 3 is 1.88 bits per heavy atom. The number of nitrogens with zero attached hydrogens (tertiary/aromatic N) is 2. The van der Waals surface area contributed by atoms with E-state index in [1.807, 2.05) is 0 Å². The predicted octanol–water partition coefficient (Wildman–Crippen LogP) is 4.53. The maximum atomic E-state index is 12.7. The summed E-state index contributed by atoms with van der Waals surface area (Å²) in [4.78, 5) is 19.4. The van der Waals surface area contributed by atoms with Gasteiger partial charge in [-0.25, -0.2) is 9.97 Å². The van der Waals surface area contributed by atoms with Crippen LogP contribution in [-0.2, 0) is 12.4 Å². The number of anilines is 1. The van der Waals surface area contributed by atoms with Gasteiger partial charge in [-0.3, -0.25) is 4.79 Å². The van der Waals surface area contributed by atoms with Gasteiger partial charge in [0.1, 0.15) is 4.60 Å². The first-order valence-electron chi connectivity index (χ1n) is 6.05. The molecule has 1 aromatic carbocycles. The Hall–Kier alpha value is -2.17. The maximum Gasteiger partial charge on any atom is 0.416 e. The molecule has 1 aromatic heterocycles. The number of rotatable bonds is 2. The van der Waals surface area contributed by atoms with E-state index < -0.39 is 35.0 Å². The molecular formula is C13H6BrF6N3O. The molecule has 0 aliphatic heterocycles. The van der Waals surface area contributed by atoms with Gasteiger partial charge in [-0.2, -0.15) is 26.3 Å². The number of halogens is 7. The maximum absolute atomic E-state index is 12.7. The first-order chi connectivity index (χ1) is 11.0. The summed E-state index contributed by atoms with van der Waals surface area (Å²) >= 11 is 2.98. The van der Waals surface area contributed by atoms with Crippen LogP contribution in [0.4, 0.5) is 32.2 Å². The summed E-state index contributed by atoms with van der Waals surface area (Å²) in [6.07, 6.45) is -7.79. The minimum atomic E-state index is -5.03. The molecule has 24 heavy (non-hydrogen) atoms. The molecule has 0 saturated heterocycles. The summed E-state index contributed by atoms with van der Waals surface area (Å²) in [5.74, 6) is -1.31. The summed E-state index contributed by atoms with van der Waals surface area (Å²) in [5, 5.41) is 2.07. The average Bonchev–Trinajstić information content (AvgIpc) is 2.47. The summed E-state index contributed by atoms with van der Waals surface area (Å²) in [7, 11) is 0. The Kier molecular flexibility index (Phi) is 4.83. The number of alkyl halides is 6. The van der Waals surface area contributed by atoms with E-state index in [4.69, 9.17) is 0 Å². The molecule has 0 fully saturated rings. The molecule has 0 atom stereocenters. The van der Waals surface area contributed by atoms with Gasteiger partial charge >= 0.3 is 12.4 Å². The molecular weight excluding hydrogens is 408 g/mol. The predicted molar refractivity (Wildman–Crippen MR) is 74.1 cm³/mol. The van der Waals surface area contributed by atoms with E-state index >= 15 is 0 Å². The second-order valence-corrected chi connectivity index (χ2v) is 5.29. The van der Waals surface area contributed by atoms with Crippen molar-refractivity contribution in [3.05, 3.63) is 51.9 Å². The first-order valence-corrected chi connectivity index (χ1v) is 6.84. The van der Waals surface area contributed by atoms with E-state index in [1.165, 1.54) is 6.20 Å². The second kappa shape index (κ2) is 6.38. The molecule has 0 unspecified atom stereocenters. The van der Waals surface area contributed by atoms with Crippen LogP contribution < -0.4 is 5.32 Å². The third kappa shape index (κ3) is 4.43. The highest BCUT2D eigenvalue weighted by atomic mass is 79.9. The zero-order valence-electron chi connectivity index (χ0n) is 11.3. The standard InChI is InChI=1S/C13H6BrF6N3O/c14-9-4-22-10(5-21-9)23-11(24)6-1-7(12(15,16)17)3-8(2-6)13(18,19)20/h1-5H,(H,22,23,24). The Balaban J connectivity index is 2.40. The summed E-state index contributed by atoms with van der Waals surface area (Å²) in [6.45, 7) is 0. The number of amides is 1. The molecule has 0 saturated carbocycles.